The highest BCUT2D eigenvalue weighted by Gasteiger charge is 2.34. The normalized spacial score (nSPS) is 19.6. The van der Waals surface area contributed by atoms with E-state index in [0.29, 0.717) is 35.9 Å². The summed E-state index contributed by atoms with van der Waals surface area (Å²) < 4.78 is 29.7. The molecule has 0 saturated carbocycles. The molecular formula is C21H20N4O4S. The van der Waals surface area contributed by atoms with Crippen LogP contribution in [0, 0.1) is 0 Å². The Morgan fingerprint density at radius 3 is 2.73 bits per heavy atom. The predicted octanol–water partition coefficient (Wildman–Crippen LogP) is 2.77. The number of nitrogens with one attached hydrogen (secondary N) is 1. The zero-order valence-electron chi connectivity index (χ0n) is 16.2. The number of carbonyl (C=O) groups is 2. The lowest BCUT2D eigenvalue weighted by atomic mass is 10.1. The van der Waals surface area contributed by atoms with E-state index >= 15 is 0 Å². The number of anilines is 3. The van der Waals surface area contributed by atoms with Gasteiger partial charge in [-0.1, -0.05) is 18.6 Å². The summed E-state index contributed by atoms with van der Waals surface area (Å²) in [5.41, 5.74) is 1.90. The smallest absolute Gasteiger partial charge is 0.286 e. The van der Waals surface area contributed by atoms with Gasteiger partial charge in [0.2, 0.25) is 5.91 Å². The maximum absolute atomic E-state index is 13.2. The zero-order valence-corrected chi connectivity index (χ0v) is 17.0. The Morgan fingerprint density at radius 2 is 1.87 bits per heavy atom. The van der Waals surface area contributed by atoms with E-state index in [4.69, 9.17) is 0 Å². The molecule has 2 aromatic carbocycles. The van der Waals surface area contributed by atoms with E-state index in [2.05, 4.69) is 9.71 Å². The average molecular weight is 424 g/mol. The van der Waals surface area contributed by atoms with E-state index < -0.39 is 15.9 Å². The Morgan fingerprint density at radius 1 is 1.03 bits per heavy atom. The molecule has 0 aromatic heterocycles. The minimum absolute atomic E-state index is 0.0359. The molecule has 30 heavy (non-hydrogen) atoms. The van der Waals surface area contributed by atoms with Gasteiger partial charge < -0.3 is 10.2 Å². The van der Waals surface area contributed by atoms with Crippen molar-refractivity contribution in [2.45, 2.75) is 30.6 Å². The van der Waals surface area contributed by atoms with Crippen LogP contribution >= 0.6 is 0 Å². The van der Waals surface area contributed by atoms with Gasteiger partial charge in [0.05, 0.1) is 17.1 Å². The van der Waals surface area contributed by atoms with Gasteiger partial charge in [0.15, 0.2) is 0 Å². The van der Waals surface area contributed by atoms with Crippen LogP contribution in [-0.4, -0.2) is 39.2 Å². The van der Waals surface area contributed by atoms with Gasteiger partial charge in [-0.15, -0.1) is 4.40 Å². The summed E-state index contributed by atoms with van der Waals surface area (Å²) in [7, 11) is -3.89. The molecule has 0 spiro atoms. The lowest BCUT2D eigenvalue weighted by Gasteiger charge is -2.31. The number of amides is 2. The van der Waals surface area contributed by atoms with Gasteiger partial charge in [0.1, 0.15) is 17.3 Å². The number of hydrogen-bond acceptors (Lipinski definition) is 5. The van der Waals surface area contributed by atoms with Gasteiger partial charge in [-0.05, 0) is 43.2 Å². The van der Waals surface area contributed by atoms with E-state index in [1.54, 1.807) is 36.4 Å². The lowest BCUT2D eigenvalue weighted by molar-refractivity contribution is -0.115. The van der Waals surface area contributed by atoms with Gasteiger partial charge in [-0.2, -0.15) is 8.42 Å². The van der Waals surface area contributed by atoms with Gasteiger partial charge in [-0.25, -0.2) is 0 Å². The molecule has 3 aliphatic rings. The molecule has 5 rings (SSSR count). The molecule has 2 amide bonds. The molecule has 3 aliphatic heterocycles. The summed E-state index contributed by atoms with van der Waals surface area (Å²) in [6.07, 6.45) is 3.52. The van der Waals surface area contributed by atoms with Crippen LogP contribution in [0.3, 0.4) is 0 Å². The van der Waals surface area contributed by atoms with Crippen molar-refractivity contribution in [3.8, 4) is 0 Å². The van der Waals surface area contributed by atoms with Crippen LogP contribution in [0.5, 0.6) is 0 Å². The highest BCUT2D eigenvalue weighted by molar-refractivity contribution is 7.90. The van der Waals surface area contributed by atoms with E-state index in [0.717, 1.165) is 19.3 Å². The number of para-hydroxylation sites is 2. The third kappa shape index (κ3) is 3.06. The van der Waals surface area contributed by atoms with Crippen molar-refractivity contribution in [3.63, 3.8) is 0 Å². The van der Waals surface area contributed by atoms with Crippen molar-refractivity contribution >= 4 is 44.7 Å². The molecule has 1 fully saturated rings. The molecule has 0 atom stereocenters. The van der Waals surface area contributed by atoms with Gasteiger partial charge in [0, 0.05) is 18.5 Å². The Bertz CT molecular complexity index is 1210. The second-order valence-corrected chi connectivity index (χ2v) is 9.16. The van der Waals surface area contributed by atoms with Gasteiger partial charge in [-0.3, -0.25) is 14.5 Å². The molecule has 0 unspecified atom stereocenters. The van der Waals surface area contributed by atoms with Crippen molar-refractivity contribution in [2.24, 2.45) is 4.40 Å². The second kappa shape index (κ2) is 6.94. The first kappa shape index (κ1) is 18.8. The van der Waals surface area contributed by atoms with E-state index in [9.17, 15) is 18.0 Å². The molecule has 3 heterocycles. The average Bonchev–Trinajstić information content (AvgIpc) is 2.97. The SMILES string of the molecule is O=C1CN(C(=O)c2ccc3c(c2)S(=O)(=O)N=C2CCCCCN23)c2ccccc2N1. The topological polar surface area (TPSA) is 99.2 Å². The summed E-state index contributed by atoms with van der Waals surface area (Å²) in [5.74, 6) is -0.159. The molecular weight excluding hydrogens is 404 g/mol. The molecule has 1 N–H and O–H groups in total. The highest BCUT2D eigenvalue weighted by atomic mass is 32.2. The Kier molecular flexibility index (Phi) is 4.35. The van der Waals surface area contributed by atoms with Crippen LogP contribution in [0.25, 0.3) is 0 Å². The van der Waals surface area contributed by atoms with Gasteiger partial charge in [0.25, 0.3) is 15.9 Å². The maximum atomic E-state index is 13.2. The fourth-order valence-electron chi connectivity index (χ4n) is 4.18. The molecule has 8 nitrogen and oxygen atoms in total. The van der Waals surface area contributed by atoms with Crippen LogP contribution in [0.2, 0.25) is 0 Å². The number of nitrogens with zero attached hydrogens (tertiary/aromatic N) is 3. The first-order valence-corrected chi connectivity index (χ1v) is 11.3. The number of carbonyl (C=O) groups excluding carboxylic acids is 2. The molecule has 0 radical (unpaired) electrons. The first-order chi connectivity index (χ1) is 14.4. The van der Waals surface area contributed by atoms with Gasteiger partial charge >= 0.3 is 0 Å². The molecule has 1 saturated heterocycles. The van der Waals surface area contributed by atoms with Crippen molar-refractivity contribution in [1.82, 2.24) is 0 Å². The zero-order chi connectivity index (χ0) is 20.9. The summed E-state index contributed by atoms with van der Waals surface area (Å²) >= 11 is 0. The van der Waals surface area contributed by atoms with E-state index in [1.165, 1.54) is 11.0 Å². The van der Waals surface area contributed by atoms with Crippen molar-refractivity contribution in [1.29, 1.82) is 0 Å². The van der Waals surface area contributed by atoms with E-state index in [1.807, 2.05) is 4.90 Å². The summed E-state index contributed by atoms with van der Waals surface area (Å²) in [6, 6.07) is 11.7. The Balaban J connectivity index is 1.56. The molecule has 0 bridgehead atoms. The van der Waals surface area contributed by atoms with Crippen LogP contribution in [-0.2, 0) is 14.8 Å². The number of hydrogen-bond donors (Lipinski definition) is 1. The number of rotatable bonds is 1. The third-order valence-corrected chi connectivity index (χ3v) is 6.94. The number of sulfonamides is 1. The van der Waals surface area contributed by atoms with Crippen LogP contribution in [0.15, 0.2) is 51.8 Å². The minimum Gasteiger partial charge on any atom is -0.328 e. The number of benzene rings is 2. The van der Waals surface area contributed by atoms with E-state index in [-0.39, 0.29) is 22.9 Å². The first-order valence-electron chi connectivity index (χ1n) is 9.90. The standard InChI is InChI=1S/C21H20N4O4S/c26-20-13-25(16-7-4-3-6-15(16)22-20)21(27)14-9-10-17-18(12-14)30(28,29)23-19-8-2-1-5-11-24(17)19/h3-4,6-7,9-10,12H,1-2,5,8,11,13H2,(H,22,26). The monoisotopic (exact) mass is 424 g/mol. The van der Waals surface area contributed by atoms with Crippen molar-refractivity contribution < 1.29 is 18.0 Å². The summed E-state index contributed by atoms with van der Waals surface area (Å²) in [6.45, 7) is 0.572. The van der Waals surface area contributed by atoms with Crippen LogP contribution < -0.4 is 15.1 Å². The molecule has 0 aliphatic carbocycles. The summed E-state index contributed by atoms with van der Waals surface area (Å²) in [5, 5.41) is 2.74. The fourth-order valence-corrected chi connectivity index (χ4v) is 5.47. The molecule has 154 valence electrons. The molecule has 9 heteroatoms. The quantitative estimate of drug-likeness (QED) is 0.759. The largest absolute Gasteiger partial charge is 0.328 e. The third-order valence-electron chi connectivity index (χ3n) is 5.61. The predicted molar refractivity (Wildman–Crippen MR) is 114 cm³/mol. The fraction of sp³-hybridized carbons (Fsp3) is 0.286. The van der Waals surface area contributed by atoms with Crippen molar-refractivity contribution in [2.75, 3.05) is 28.2 Å². The minimum atomic E-state index is -3.89. The maximum Gasteiger partial charge on any atom is 0.286 e. The summed E-state index contributed by atoms with van der Waals surface area (Å²) in [4.78, 5) is 28.7. The number of fused-ring (bicyclic) bond motifs is 4. The molecule has 2 aromatic rings. The Hall–Kier alpha value is -3.20. The highest BCUT2D eigenvalue weighted by Crippen LogP contribution is 2.36. The lowest BCUT2D eigenvalue weighted by Crippen LogP contribution is -2.42. The van der Waals surface area contributed by atoms with Crippen LogP contribution in [0.4, 0.5) is 17.1 Å². The number of amidine groups is 1. The van der Waals surface area contributed by atoms with Crippen molar-refractivity contribution in [3.05, 3.63) is 48.0 Å². The second-order valence-electron chi connectivity index (χ2n) is 7.58. The Labute approximate surface area is 174 Å². The van der Waals surface area contributed by atoms with Crippen LogP contribution in [0.1, 0.15) is 36.0 Å².